The lowest BCUT2D eigenvalue weighted by Crippen LogP contribution is -2.13. The first-order valence-corrected chi connectivity index (χ1v) is 6.68. The van der Waals surface area contributed by atoms with Crippen LogP contribution in [0.5, 0.6) is 0 Å². The number of halogens is 2. The number of nitrogens with one attached hydrogen (secondary N) is 1. The fraction of sp³-hybridized carbons (Fsp3) is 0.214. The zero-order valence-corrected chi connectivity index (χ0v) is 11.5. The summed E-state index contributed by atoms with van der Waals surface area (Å²) in [4.78, 5) is 5.87. The second-order valence-electron chi connectivity index (χ2n) is 4.11. The van der Waals surface area contributed by atoms with Gasteiger partial charge in [0.15, 0.2) is 11.6 Å². The first-order chi connectivity index (χ1) is 9.10. The molecule has 0 aliphatic rings. The fourth-order valence-electron chi connectivity index (χ4n) is 1.53. The molecular formula is C14H14F2N2S. The van der Waals surface area contributed by atoms with Crippen LogP contribution in [-0.2, 0) is 0 Å². The minimum atomic E-state index is -0.835. The molecule has 0 fully saturated rings. The lowest BCUT2D eigenvalue weighted by atomic mass is 10.2. The molecular weight excluding hydrogens is 266 g/mol. The largest absolute Gasteiger partial charge is 0.312 e. The maximum absolute atomic E-state index is 13.1. The van der Waals surface area contributed by atoms with E-state index in [1.807, 2.05) is 26.1 Å². The van der Waals surface area contributed by atoms with Gasteiger partial charge in [0.1, 0.15) is 0 Å². The van der Waals surface area contributed by atoms with Gasteiger partial charge in [-0.3, -0.25) is 4.98 Å². The molecule has 0 aliphatic heterocycles. The molecule has 1 unspecified atom stereocenters. The van der Waals surface area contributed by atoms with E-state index in [0.717, 1.165) is 16.7 Å². The summed E-state index contributed by atoms with van der Waals surface area (Å²) in [6, 6.07) is 7.88. The van der Waals surface area contributed by atoms with E-state index in [1.165, 1.54) is 17.8 Å². The van der Waals surface area contributed by atoms with Gasteiger partial charge in [-0.15, -0.1) is 0 Å². The molecule has 0 spiro atoms. The average Bonchev–Trinajstić information content (AvgIpc) is 2.43. The summed E-state index contributed by atoms with van der Waals surface area (Å²) in [5, 5.41) is 3.10. The van der Waals surface area contributed by atoms with Crippen LogP contribution < -0.4 is 5.32 Å². The van der Waals surface area contributed by atoms with E-state index in [-0.39, 0.29) is 6.04 Å². The van der Waals surface area contributed by atoms with E-state index in [9.17, 15) is 8.78 Å². The molecule has 2 rings (SSSR count). The minimum absolute atomic E-state index is 0.183. The Morgan fingerprint density at radius 2 is 1.84 bits per heavy atom. The minimum Gasteiger partial charge on any atom is -0.312 e. The standard InChI is InChI=1S/C14H14F2N2S/c1-9(17-2)14-6-4-11(8-18-14)19-10-3-5-12(15)13(16)7-10/h3-9,17H,1-2H3. The van der Waals surface area contributed by atoms with Crippen molar-refractivity contribution in [2.45, 2.75) is 22.8 Å². The van der Waals surface area contributed by atoms with Crippen molar-refractivity contribution in [1.82, 2.24) is 10.3 Å². The lowest BCUT2D eigenvalue weighted by molar-refractivity contribution is 0.506. The number of benzene rings is 1. The quantitative estimate of drug-likeness (QED) is 0.922. The van der Waals surface area contributed by atoms with Crippen molar-refractivity contribution >= 4 is 11.8 Å². The Hall–Kier alpha value is -1.46. The van der Waals surface area contributed by atoms with Crippen LogP contribution in [-0.4, -0.2) is 12.0 Å². The number of aromatic nitrogens is 1. The smallest absolute Gasteiger partial charge is 0.159 e. The number of hydrogen-bond donors (Lipinski definition) is 1. The van der Waals surface area contributed by atoms with Crippen LogP contribution in [0.15, 0.2) is 46.3 Å². The van der Waals surface area contributed by atoms with E-state index in [2.05, 4.69) is 10.3 Å². The van der Waals surface area contributed by atoms with Crippen LogP contribution in [0.3, 0.4) is 0 Å². The van der Waals surface area contributed by atoms with E-state index in [4.69, 9.17) is 0 Å². The van der Waals surface area contributed by atoms with Crippen LogP contribution in [0, 0.1) is 11.6 Å². The van der Waals surface area contributed by atoms with Crippen molar-refractivity contribution in [3.05, 3.63) is 53.9 Å². The maximum Gasteiger partial charge on any atom is 0.159 e. The average molecular weight is 280 g/mol. The van der Waals surface area contributed by atoms with Gasteiger partial charge in [-0.25, -0.2) is 8.78 Å². The van der Waals surface area contributed by atoms with Crippen LogP contribution in [0.25, 0.3) is 0 Å². The highest BCUT2D eigenvalue weighted by Gasteiger charge is 2.06. The van der Waals surface area contributed by atoms with Crippen molar-refractivity contribution in [2.24, 2.45) is 0 Å². The molecule has 0 saturated heterocycles. The lowest BCUT2D eigenvalue weighted by Gasteiger charge is -2.09. The molecule has 1 aromatic carbocycles. The van der Waals surface area contributed by atoms with Crippen LogP contribution in [0.2, 0.25) is 0 Å². The highest BCUT2D eigenvalue weighted by atomic mass is 32.2. The Bertz CT molecular complexity index is 558. The molecule has 19 heavy (non-hydrogen) atoms. The zero-order valence-electron chi connectivity index (χ0n) is 10.7. The van der Waals surface area contributed by atoms with Crippen molar-refractivity contribution in [3.63, 3.8) is 0 Å². The summed E-state index contributed by atoms with van der Waals surface area (Å²) in [5.74, 6) is -1.67. The number of pyridine rings is 1. The van der Waals surface area contributed by atoms with Gasteiger partial charge < -0.3 is 5.32 Å². The van der Waals surface area contributed by atoms with Crippen molar-refractivity contribution in [3.8, 4) is 0 Å². The van der Waals surface area contributed by atoms with Gasteiger partial charge in [-0.05, 0) is 44.3 Å². The van der Waals surface area contributed by atoms with Gasteiger partial charge in [0.2, 0.25) is 0 Å². The molecule has 0 radical (unpaired) electrons. The maximum atomic E-state index is 13.1. The van der Waals surface area contributed by atoms with Gasteiger partial charge in [0, 0.05) is 22.0 Å². The van der Waals surface area contributed by atoms with Gasteiger partial charge in [0.25, 0.3) is 0 Å². The monoisotopic (exact) mass is 280 g/mol. The summed E-state index contributed by atoms with van der Waals surface area (Å²) in [7, 11) is 1.87. The Labute approximate surface area is 115 Å². The van der Waals surface area contributed by atoms with Gasteiger partial charge in [-0.2, -0.15) is 0 Å². The molecule has 5 heteroatoms. The number of rotatable bonds is 4. The first kappa shape index (κ1) is 14.0. The van der Waals surface area contributed by atoms with E-state index in [0.29, 0.717) is 4.90 Å². The van der Waals surface area contributed by atoms with E-state index >= 15 is 0 Å². The number of nitrogens with zero attached hydrogens (tertiary/aromatic N) is 1. The summed E-state index contributed by atoms with van der Waals surface area (Å²) in [6.45, 7) is 2.02. The molecule has 0 saturated carbocycles. The summed E-state index contributed by atoms with van der Waals surface area (Å²) in [5.41, 5.74) is 0.942. The molecule has 1 aromatic heterocycles. The predicted octanol–water partition coefficient (Wildman–Crippen LogP) is 3.79. The van der Waals surface area contributed by atoms with E-state index in [1.54, 1.807) is 12.3 Å². The molecule has 0 aliphatic carbocycles. The second kappa shape index (κ2) is 6.12. The normalized spacial score (nSPS) is 12.4. The highest BCUT2D eigenvalue weighted by Crippen LogP contribution is 2.28. The summed E-state index contributed by atoms with van der Waals surface area (Å²) < 4.78 is 25.9. The van der Waals surface area contributed by atoms with Crippen molar-refractivity contribution in [2.75, 3.05) is 7.05 Å². The first-order valence-electron chi connectivity index (χ1n) is 5.86. The Morgan fingerprint density at radius 1 is 1.11 bits per heavy atom. The Kier molecular flexibility index (Phi) is 4.50. The molecule has 1 heterocycles. The zero-order chi connectivity index (χ0) is 13.8. The number of hydrogen-bond acceptors (Lipinski definition) is 3. The molecule has 1 N–H and O–H groups in total. The summed E-state index contributed by atoms with van der Waals surface area (Å²) >= 11 is 1.35. The highest BCUT2D eigenvalue weighted by molar-refractivity contribution is 7.99. The van der Waals surface area contributed by atoms with Crippen LogP contribution in [0.4, 0.5) is 8.78 Å². The third-order valence-corrected chi connectivity index (χ3v) is 3.73. The predicted molar refractivity (Wildman–Crippen MR) is 72.2 cm³/mol. The topological polar surface area (TPSA) is 24.9 Å². The molecule has 0 amide bonds. The molecule has 2 aromatic rings. The van der Waals surface area contributed by atoms with Crippen molar-refractivity contribution < 1.29 is 8.78 Å². The molecule has 0 bridgehead atoms. The SMILES string of the molecule is CNC(C)c1ccc(Sc2ccc(F)c(F)c2)cn1. The van der Waals surface area contributed by atoms with Crippen LogP contribution >= 0.6 is 11.8 Å². The van der Waals surface area contributed by atoms with Crippen LogP contribution in [0.1, 0.15) is 18.7 Å². The van der Waals surface area contributed by atoms with Gasteiger partial charge in [-0.1, -0.05) is 11.8 Å². The Morgan fingerprint density at radius 3 is 2.42 bits per heavy atom. The summed E-state index contributed by atoms with van der Waals surface area (Å²) in [6.07, 6.45) is 1.73. The van der Waals surface area contributed by atoms with Crippen molar-refractivity contribution in [1.29, 1.82) is 0 Å². The third kappa shape index (κ3) is 3.52. The van der Waals surface area contributed by atoms with E-state index < -0.39 is 11.6 Å². The molecule has 100 valence electrons. The van der Waals surface area contributed by atoms with Gasteiger partial charge in [0.05, 0.1) is 5.69 Å². The molecule has 2 nitrogen and oxygen atoms in total. The fourth-order valence-corrected chi connectivity index (χ4v) is 2.34. The third-order valence-electron chi connectivity index (χ3n) is 2.76. The van der Waals surface area contributed by atoms with Gasteiger partial charge >= 0.3 is 0 Å². The second-order valence-corrected chi connectivity index (χ2v) is 5.25. The Balaban J connectivity index is 2.12. The molecule has 1 atom stereocenters.